The highest BCUT2D eigenvalue weighted by Crippen LogP contribution is 2.31. The maximum atomic E-state index is 12.8. The first-order chi connectivity index (χ1) is 12.7. The van der Waals surface area contributed by atoms with Gasteiger partial charge in [0.15, 0.2) is 0 Å². The van der Waals surface area contributed by atoms with Gasteiger partial charge in [-0.1, -0.05) is 11.6 Å². The lowest BCUT2D eigenvalue weighted by atomic mass is 10.1. The number of hydrogen-bond donors (Lipinski definition) is 2. The molecule has 1 aromatic carbocycles. The molecule has 1 saturated heterocycles. The minimum Gasteiger partial charge on any atom is -0.488 e. The Hall–Kier alpha value is -2.15. The summed E-state index contributed by atoms with van der Waals surface area (Å²) in [6, 6.07) is 9.12. The molecule has 1 aliphatic heterocycles. The first kappa shape index (κ1) is 17.3. The third-order valence-electron chi connectivity index (χ3n) is 4.34. The monoisotopic (exact) mass is 387 g/mol. The summed E-state index contributed by atoms with van der Waals surface area (Å²) in [5.41, 5.74) is 1.84. The number of fused-ring (bicyclic) bond motifs is 1. The van der Waals surface area contributed by atoms with E-state index in [9.17, 15) is 4.79 Å². The maximum absolute atomic E-state index is 12.8. The molecule has 2 N–H and O–H groups in total. The molecule has 5 nitrogen and oxygen atoms in total. The van der Waals surface area contributed by atoms with Crippen molar-refractivity contribution < 1.29 is 9.53 Å². The van der Waals surface area contributed by atoms with Crippen LogP contribution in [-0.4, -0.2) is 30.1 Å². The average molecular weight is 388 g/mol. The first-order valence-electron chi connectivity index (χ1n) is 8.51. The van der Waals surface area contributed by atoms with E-state index >= 15 is 0 Å². The summed E-state index contributed by atoms with van der Waals surface area (Å²) < 4.78 is 7.10. The number of rotatable bonds is 4. The van der Waals surface area contributed by atoms with Gasteiger partial charge in [-0.25, -0.2) is 0 Å². The van der Waals surface area contributed by atoms with E-state index in [0.717, 1.165) is 30.6 Å². The van der Waals surface area contributed by atoms with Crippen LogP contribution in [-0.2, 0) is 0 Å². The SMILES string of the molecule is O=C(Nc1cc(Cl)ccc1OC1CCNCC1)c1csc2cccnc12. The van der Waals surface area contributed by atoms with Gasteiger partial charge in [0.05, 0.1) is 21.5 Å². The largest absolute Gasteiger partial charge is 0.488 e. The number of piperidine rings is 1. The Morgan fingerprint density at radius 1 is 1.31 bits per heavy atom. The number of aromatic nitrogens is 1. The van der Waals surface area contributed by atoms with Crippen molar-refractivity contribution in [2.45, 2.75) is 18.9 Å². The lowest BCUT2D eigenvalue weighted by Crippen LogP contribution is -2.34. The van der Waals surface area contributed by atoms with Gasteiger partial charge in [-0.05, 0) is 56.3 Å². The van der Waals surface area contributed by atoms with Crippen LogP contribution in [0.4, 0.5) is 5.69 Å². The van der Waals surface area contributed by atoms with Crippen molar-refractivity contribution in [3.05, 3.63) is 52.5 Å². The highest BCUT2D eigenvalue weighted by Gasteiger charge is 2.19. The molecule has 1 fully saturated rings. The summed E-state index contributed by atoms with van der Waals surface area (Å²) in [5, 5.41) is 8.63. The van der Waals surface area contributed by atoms with Crippen LogP contribution in [0.1, 0.15) is 23.2 Å². The number of hydrogen-bond acceptors (Lipinski definition) is 5. The molecule has 26 heavy (non-hydrogen) atoms. The van der Waals surface area contributed by atoms with E-state index in [1.165, 1.54) is 11.3 Å². The summed E-state index contributed by atoms with van der Waals surface area (Å²) >= 11 is 7.64. The molecule has 7 heteroatoms. The molecule has 0 aliphatic carbocycles. The molecular formula is C19H18ClN3O2S. The molecule has 4 rings (SSSR count). The number of ether oxygens (including phenoxy) is 1. The predicted molar refractivity (Wildman–Crippen MR) is 106 cm³/mol. The molecule has 134 valence electrons. The summed E-state index contributed by atoms with van der Waals surface area (Å²) in [4.78, 5) is 17.1. The van der Waals surface area contributed by atoms with Crippen molar-refractivity contribution in [3.63, 3.8) is 0 Å². The van der Waals surface area contributed by atoms with E-state index in [2.05, 4.69) is 15.6 Å². The van der Waals surface area contributed by atoms with E-state index in [-0.39, 0.29) is 12.0 Å². The normalized spacial score (nSPS) is 15.1. The molecule has 2 aromatic heterocycles. The van der Waals surface area contributed by atoms with Gasteiger partial charge in [0, 0.05) is 16.6 Å². The fourth-order valence-electron chi connectivity index (χ4n) is 3.01. The Labute approximate surface area is 160 Å². The van der Waals surface area contributed by atoms with Crippen LogP contribution >= 0.6 is 22.9 Å². The Balaban J connectivity index is 1.58. The Bertz CT molecular complexity index is 937. The Morgan fingerprint density at radius 2 is 2.15 bits per heavy atom. The summed E-state index contributed by atoms with van der Waals surface area (Å²) in [6.07, 6.45) is 3.71. The third-order valence-corrected chi connectivity index (χ3v) is 5.52. The van der Waals surface area contributed by atoms with Crippen molar-refractivity contribution in [2.75, 3.05) is 18.4 Å². The minimum atomic E-state index is -0.215. The molecule has 0 spiro atoms. The number of amides is 1. The highest BCUT2D eigenvalue weighted by atomic mass is 35.5. The van der Waals surface area contributed by atoms with E-state index in [1.54, 1.807) is 18.3 Å². The Kier molecular flexibility index (Phi) is 5.06. The molecule has 0 unspecified atom stereocenters. The van der Waals surface area contributed by atoms with Crippen molar-refractivity contribution in [1.29, 1.82) is 0 Å². The molecule has 0 saturated carbocycles. The standard InChI is InChI=1S/C19H18ClN3O2S/c20-12-3-4-16(25-13-5-8-21-9-6-13)15(10-12)23-19(24)14-11-26-17-2-1-7-22-18(14)17/h1-4,7,10-11,13,21H,5-6,8-9H2,(H,23,24). The molecular weight excluding hydrogens is 370 g/mol. The van der Waals surface area contributed by atoms with Crippen molar-refractivity contribution >= 4 is 44.7 Å². The van der Waals surface area contributed by atoms with Crippen LogP contribution < -0.4 is 15.4 Å². The van der Waals surface area contributed by atoms with Crippen LogP contribution in [0.3, 0.4) is 0 Å². The number of pyridine rings is 1. The van der Waals surface area contributed by atoms with Gasteiger partial charge in [-0.2, -0.15) is 0 Å². The summed E-state index contributed by atoms with van der Waals surface area (Å²) in [5.74, 6) is 0.425. The number of carbonyl (C=O) groups excluding carboxylic acids is 1. The molecule has 3 aromatic rings. The second kappa shape index (κ2) is 7.61. The lowest BCUT2D eigenvalue weighted by molar-refractivity contribution is 0.102. The zero-order valence-corrected chi connectivity index (χ0v) is 15.6. The van der Waals surface area contributed by atoms with Gasteiger partial charge < -0.3 is 15.4 Å². The van der Waals surface area contributed by atoms with Gasteiger partial charge in [0.25, 0.3) is 5.91 Å². The zero-order valence-electron chi connectivity index (χ0n) is 14.0. The van der Waals surface area contributed by atoms with Gasteiger partial charge in [0.1, 0.15) is 11.9 Å². The molecule has 3 heterocycles. The Morgan fingerprint density at radius 3 is 3.00 bits per heavy atom. The predicted octanol–water partition coefficient (Wildman–Crippen LogP) is 4.33. The number of nitrogens with one attached hydrogen (secondary N) is 2. The second-order valence-corrected chi connectivity index (χ2v) is 7.51. The average Bonchev–Trinajstić information content (AvgIpc) is 3.09. The fraction of sp³-hybridized carbons (Fsp3) is 0.263. The number of anilines is 1. The third kappa shape index (κ3) is 3.67. The summed E-state index contributed by atoms with van der Waals surface area (Å²) in [7, 11) is 0. The van der Waals surface area contributed by atoms with Crippen molar-refractivity contribution in [1.82, 2.24) is 10.3 Å². The number of carbonyl (C=O) groups is 1. The van der Waals surface area contributed by atoms with Crippen LogP contribution in [0.15, 0.2) is 41.9 Å². The van der Waals surface area contributed by atoms with E-state index < -0.39 is 0 Å². The number of thiophene rings is 1. The fourth-order valence-corrected chi connectivity index (χ4v) is 4.08. The van der Waals surface area contributed by atoms with Crippen LogP contribution in [0.2, 0.25) is 5.02 Å². The van der Waals surface area contributed by atoms with E-state index in [4.69, 9.17) is 16.3 Å². The lowest BCUT2D eigenvalue weighted by Gasteiger charge is -2.25. The smallest absolute Gasteiger partial charge is 0.258 e. The molecule has 0 bridgehead atoms. The molecule has 0 radical (unpaired) electrons. The van der Waals surface area contributed by atoms with E-state index in [1.807, 2.05) is 23.6 Å². The molecule has 1 aliphatic rings. The summed E-state index contributed by atoms with van der Waals surface area (Å²) in [6.45, 7) is 1.87. The van der Waals surface area contributed by atoms with Crippen LogP contribution in [0.25, 0.3) is 10.2 Å². The molecule has 1 amide bonds. The highest BCUT2D eigenvalue weighted by molar-refractivity contribution is 7.17. The van der Waals surface area contributed by atoms with Gasteiger partial charge >= 0.3 is 0 Å². The zero-order chi connectivity index (χ0) is 17.9. The maximum Gasteiger partial charge on any atom is 0.258 e. The van der Waals surface area contributed by atoms with Gasteiger partial charge in [0.2, 0.25) is 0 Å². The van der Waals surface area contributed by atoms with Crippen LogP contribution in [0, 0.1) is 0 Å². The van der Waals surface area contributed by atoms with Crippen molar-refractivity contribution in [3.8, 4) is 5.75 Å². The minimum absolute atomic E-state index is 0.136. The first-order valence-corrected chi connectivity index (χ1v) is 9.77. The number of nitrogens with zero attached hydrogens (tertiary/aromatic N) is 1. The topological polar surface area (TPSA) is 63.2 Å². The van der Waals surface area contributed by atoms with Crippen molar-refractivity contribution in [2.24, 2.45) is 0 Å². The molecule has 0 atom stereocenters. The number of halogens is 1. The van der Waals surface area contributed by atoms with Crippen LogP contribution in [0.5, 0.6) is 5.75 Å². The van der Waals surface area contributed by atoms with E-state index in [0.29, 0.717) is 27.5 Å². The quantitative estimate of drug-likeness (QED) is 0.699. The second-order valence-electron chi connectivity index (χ2n) is 6.16. The van der Waals surface area contributed by atoms with Gasteiger partial charge in [-0.15, -0.1) is 11.3 Å². The van der Waals surface area contributed by atoms with Gasteiger partial charge in [-0.3, -0.25) is 9.78 Å². The number of benzene rings is 1.